The van der Waals surface area contributed by atoms with Crippen LogP contribution in [0.1, 0.15) is 6.92 Å². The van der Waals surface area contributed by atoms with Crippen LogP contribution in [-0.4, -0.2) is 10.9 Å². The number of amides is 1. The van der Waals surface area contributed by atoms with Crippen molar-refractivity contribution in [2.45, 2.75) is 6.92 Å². The Bertz CT molecular complexity index is 316. The molecule has 1 aromatic heterocycles. The second-order valence-electron chi connectivity index (χ2n) is 2.14. The van der Waals surface area contributed by atoms with Crippen molar-refractivity contribution in [3.63, 3.8) is 0 Å². The summed E-state index contributed by atoms with van der Waals surface area (Å²) in [4.78, 5) is 14.6. The van der Waals surface area contributed by atoms with E-state index >= 15 is 0 Å². The molecule has 1 heterocycles. The van der Waals surface area contributed by atoms with Crippen molar-refractivity contribution >= 4 is 45.9 Å². The third-order valence-electron chi connectivity index (χ3n) is 1.14. The zero-order valence-electron chi connectivity index (χ0n) is 6.27. The van der Waals surface area contributed by atoms with Crippen molar-refractivity contribution < 1.29 is 4.79 Å². The highest BCUT2D eigenvalue weighted by molar-refractivity contribution is 14.1. The fourth-order valence-corrected chi connectivity index (χ4v) is 1.25. The minimum Gasteiger partial charge on any atom is -0.310 e. The van der Waals surface area contributed by atoms with Gasteiger partial charge < -0.3 is 5.32 Å². The fourth-order valence-electron chi connectivity index (χ4n) is 0.674. The molecular formula is C7H6ClIN2O. The second kappa shape index (κ2) is 4.04. The van der Waals surface area contributed by atoms with Gasteiger partial charge in [-0.15, -0.1) is 0 Å². The van der Waals surface area contributed by atoms with E-state index in [0.717, 1.165) is 3.57 Å². The third-order valence-corrected chi connectivity index (χ3v) is 2.74. The molecule has 1 rings (SSSR count). The topological polar surface area (TPSA) is 42.0 Å². The largest absolute Gasteiger partial charge is 0.310 e. The maximum absolute atomic E-state index is 10.7. The zero-order chi connectivity index (χ0) is 9.14. The van der Waals surface area contributed by atoms with E-state index in [-0.39, 0.29) is 5.91 Å². The smallest absolute Gasteiger partial charge is 0.222 e. The fraction of sp³-hybridized carbons (Fsp3) is 0.143. The molecule has 0 aliphatic rings. The molecule has 0 aliphatic heterocycles. The number of hydrogen-bond donors (Lipinski definition) is 1. The molecule has 1 amide bonds. The van der Waals surface area contributed by atoms with E-state index in [1.807, 2.05) is 0 Å². The number of pyridine rings is 1. The predicted octanol–water partition coefficient (Wildman–Crippen LogP) is 2.30. The number of halogens is 2. The Morgan fingerprint density at radius 1 is 1.75 bits per heavy atom. The lowest BCUT2D eigenvalue weighted by Crippen LogP contribution is -2.08. The number of rotatable bonds is 1. The minimum atomic E-state index is -0.175. The number of carbonyl (C=O) groups is 1. The van der Waals surface area contributed by atoms with Gasteiger partial charge in [0.2, 0.25) is 5.91 Å². The monoisotopic (exact) mass is 296 g/mol. The van der Waals surface area contributed by atoms with Gasteiger partial charge in [0.05, 0.1) is 5.02 Å². The first-order valence-corrected chi connectivity index (χ1v) is 4.64. The third kappa shape index (κ3) is 2.31. The molecule has 5 heteroatoms. The van der Waals surface area contributed by atoms with Gasteiger partial charge in [0, 0.05) is 16.7 Å². The van der Waals surface area contributed by atoms with E-state index in [9.17, 15) is 4.79 Å². The maximum atomic E-state index is 10.7. The Morgan fingerprint density at radius 2 is 2.42 bits per heavy atom. The highest BCUT2D eigenvalue weighted by Gasteiger charge is 2.05. The van der Waals surface area contributed by atoms with Crippen LogP contribution in [0.2, 0.25) is 5.02 Å². The van der Waals surface area contributed by atoms with Crippen LogP contribution >= 0.6 is 34.2 Å². The number of nitrogens with one attached hydrogen (secondary N) is 1. The summed E-state index contributed by atoms with van der Waals surface area (Å²) >= 11 is 7.93. The molecule has 0 atom stereocenters. The standard InChI is InChI=1S/C7H6ClIN2O/c1-4(12)11-7-6(8)5(9)2-3-10-7/h2-3H,1H3,(H,10,11,12). The predicted molar refractivity (Wildman–Crippen MR) is 56.3 cm³/mol. The van der Waals surface area contributed by atoms with Crippen LogP contribution in [0.3, 0.4) is 0 Å². The molecule has 0 unspecified atom stereocenters. The second-order valence-corrected chi connectivity index (χ2v) is 3.68. The van der Waals surface area contributed by atoms with Gasteiger partial charge in [-0.05, 0) is 28.7 Å². The van der Waals surface area contributed by atoms with Gasteiger partial charge in [0.15, 0.2) is 5.82 Å². The number of anilines is 1. The van der Waals surface area contributed by atoms with Gasteiger partial charge in [0.25, 0.3) is 0 Å². The van der Waals surface area contributed by atoms with Crippen molar-refractivity contribution in [2.75, 3.05) is 5.32 Å². The molecule has 1 aromatic rings. The van der Waals surface area contributed by atoms with Gasteiger partial charge >= 0.3 is 0 Å². The number of aromatic nitrogens is 1. The van der Waals surface area contributed by atoms with Crippen LogP contribution in [-0.2, 0) is 4.79 Å². The number of nitrogens with zero attached hydrogens (tertiary/aromatic N) is 1. The van der Waals surface area contributed by atoms with Crippen LogP contribution in [0.4, 0.5) is 5.82 Å². The molecule has 0 fully saturated rings. The molecule has 1 N–H and O–H groups in total. The molecule has 12 heavy (non-hydrogen) atoms. The van der Waals surface area contributed by atoms with Crippen molar-refractivity contribution in [3.05, 3.63) is 20.9 Å². The van der Waals surface area contributed by atoms with E-state index in [0.29, 0.717) is 10.8 Å². The Labute approximate surface area is 88.7 Å². The average Bonchev–Trinajstić information content (AvgIpc) is 1.98. The summed E-state index contributed by atoms with van der Waals surface area (Å²) in [6.45, 7) is 1.41. The Morgan fingerprint density at radius 3 is 3.00 bits per heavy atom. The number of carbonyl (C=O) groups excluding carboxylic acids is 1. The summed E-state index contributed by atoms with van der Waals surface area (Å²) in [6, 6.07) is 1.77. The Hall–Kier alpha value is -0.360. The van der Waals surface area contributed by atoms with Crippen molar-refractivity contribution in [1.82, 2.24) is 4.98 Å². The molecule has 0 spiro atoms. The van der Waals surface area contributed by atoms with Gasteiger partial charge in [-0.2, -0.15) is 0 Å². The van der Waals surface area contributed by atoms with Crippen LogP contribution in [0.15, 0.2) is 12.3 Å². The van der Waals surface area contributed by atoms with Gasteiger partial charge in [0.1, 0.15) is 0 Å². The number of hydrogen-bond acceptors (Lipinski definition) is 2. The van der Waals surface area contributed by atoms with E-state index in [1.165, 1.54) is 6.92 Å². The van der Waals surface area contributed by atoms with Gasteiger partial charge in [-0.1, -0.05) is 11.6 Å². The highest BCUT2D eigenvalue weighted by Crippen LogP contribution is 2.24. The molecule has 64 valence electrons. The molecule has 0 aliphatic carbocycles. The summed E-state index contributed by atoms with van der Waals surface area (Å²) in [5.41, 5.74) is 0. The van der Waals surface area contributed by atoms with Crippen LogP contribution in [0.5, 0.6) is 0 Å². The average molecular weight is 296 g/mol. The van der Waals surface area contributed by atoms with Crippen molar-refractivity contribution in [1.29, 1.82) is 0 Å². The lowest BCUT2D eigenvalue weighted by atomic mass is 10.4. The lowest BCUT2D eigenvalue weighted by Gasteiger charge is -2.03. The maximum Gasteiger partial charge on any atom is 0.222 e. The Balaban J connectivity index is 3.00. The van der Waals surface area contributed by atoms with E-state index < -0.39 is 0 Å². The normalized spacial score (nSPS) is 9.58. The lowest BCUT2D eigenvalue weighted by molar-refractivity contribution is -0.114. The molecule has 0 aromatic carbocycles. The molecule has 3 nitrogen and oxygen atoms in total. The molecular weight excluding hydrogens is 290 g/mol. The zero-order valence-corrected chi connectivity index (χ0v) is 9.18. The van der Waals surface area contributed by atoms with E-state index in [4.69, 9.17) is 11.6 Å². The Kier molecular flexibility index (Phi) is 3.28. The molecule has 0 saturated heterocycles. The SMILES string of the molecule is CC(=O)Nc1nccc(I)c1Cl. The molecule has 0 bridgehead atoms. The molecule has 0 radical (unpaired) electrons. The first-order chi connectivity index (χ1) is 5.61. The quantitative estimate of drug-likeness (QED) is 0.808. The summed E-state index contributed by atoms with van der Waals surface area (Å²) < 4.78 is 0.869. The van der Waals surface area contributed by atoms with E-state index in [2.05, 4.69) is 32.9 Å². The first-order valence-electron chi connectivity index (χ1n) is 3.19. The van der Waals surface area contributed by atoms with Crippen LogP contribution < -0.4 is 5.32 Å². The summed E-state index contributed by atoms with van der Waals surface area (Å²) in [7, 11) is 0. The van der Waals surface area contributed by atoms with Crippen LogP contribution in [0, 0.1) is 3.57 Å². The highest BCUT2D eigenvalue weighted by atomic mass is 127. The molecule has 0 saturated carbocycles. The van der Waals surface area contributed by atoms with Crippen molar-refractivity contribution in [3.8, 4) is 0 Å². The van der Waals surface area contributed by atoms with Gasteiger partial charge in [-0.25, -0.2) is 4.98 Å². The van der Waals surface area contributed by atoms with Crippen molar-refractivity contribution in [2.24, 2.45) is 0 Å². The van der Waals surface area contributed by atoms with E-state index in [1.54, 1.807) is 12.3 Å². The van der Waals surface area contributed by atoms with Crippen LogP contribution in [0.25, 0.3) is 0 Å². The summed E-state index contributed by atoms with van der Waals surface area (Å²) in [6.07, 6.45) is 1.60. The van der Waals surface area contributed by atoms with Gasteiger partial charge in [-0.3, -0.25) is 4.79 Å². The first kappa shape index (κ1) is 9.73. The minimum absolute atomic E-state index is 0.175. The summed E-state index contributed by atoms with van der Waals surface area (Å²) in [5.74, 6) is 0.238. The summed E-state index contributed by atoms with van der Waals surface area (Å²) in [5, 5.41) is 3.01.